The molecular weight excluding hydrogens is 484 g/mol. The van der Waals surface area contributed by atoms with Gasteiger partial charge in [0.05, 0.1) is 17.7 Å². The highest BCUT2D eigenvalue weighted by molar-refractivity contribution is 6.21. The third-order valence-corrected chi connectivity index (χ3v) is 8.61. The molecule has 196 valence electrons. The van der Waals surface area contributed by atoms with Crippen molar-refractivity contribution in [3.63, 3.8) is 0 Å². The molecule has 3 aromatic carbocycles. The van der Waals surface area contributed by atoms with Gasteiger partial charge in [-0.1, -0.05) is 73.3 Å². The Labute approximate surface area is 229 Å². The van der Waals surface area contributed by atoms with Crippen LogP contribution in [0.4, 0.5) is 5.69 Å². The number of nitrogens with one attached hydrogen (secondary N) is 1. The van der Waals surface area contributed by atoms with Crippen molar-refractivity contribution < 1.29 is 9.59 Å². The Morgan fingerprint density at radius 3 is 2.28 bits per heavy atom. The number of anilines is 1. The van der Waals surface area contributed by atoms with Crippen LogP contribution in [-0.4, -0.2) is 59.9 Å². The average Bonchev–Trinajstić information content (AvgIpc) is 3.84. The molecule has 6 nitrogen and oxygen atoms in total. The van der Waals surface area contributed by atoms with Gasteiger partial charge in [0.15, 0.2) is 5.78 Å². The second-order valence-corrected chi connectivity index (χ2v) is 11.0. The number of benzene rings is 3. The third-order valence-electron chi connectivity index (χ3n) is 8.61. The highest BCUT2D eigenvalue weighted by Crippen LogP contribution is 2.45. The van der Waals surface area contributed by atoms with E-state index in [1.165, 1.54) is 5.56 Å². The molecule has 3 heterocycles. The molecule has 1 amide bonds. The SMILES string of the molecule is C=C(c1ccc(C2C3=NCC(=O)c4cccc(c43)NC2c2ccccc2)cc1)N1CCN(C(=O)C2CC2)CC1. The van der Waals surface area contributed by atoms with E-state index in [1.54, 1.807) is 0 Å². The van der Waals surface area contributed by atoms with Gasteiger partial charge in [0, 0.05) is 54.6 Å². The zero-order valence-electron chi connectivity index (χ0n) is 22.0. The largest absolute Gasteiger partial charge is 0.377 e. The number of amides is 1. The molecule has 0 spiro atoms. The Balaban J connectivity index is 1.17. The van der Waals surface area contributed by atoms with E-state index in [-0.39, 0.29) is 30.2 Å². The number of carbonyl (C=O) groups excluding carboxylic acids is 2. The van der Waals surface area contributed by atoms with E-state index < -0.39 is 0 Å². The number of carbonyl (C=O) groups is 2. The molecule has 0 bridgehead atoms. The summed E-state index contributed by atoms with van der Waals surface area (Å²) in [7, 11) is 0. The molecule has 3 aromatic rings. The molecule has 2 atom stereocenters. The first kappa shape index (κ1) is 23.9. The van der Waals surface area contributed by atoms with E-state index in [9.17, 15) is 9.59 Å². The Morgan fingerprint density at radius 1 is 0.846 bits per heavy atom. The smallest absolute Gasteiger partial charge is 0.225 e. The normalized spacial score (nSPS) is 22.1. The zero-order valence-corrected chi connectivity index (χ0v) is 22.0. The second kappa shape index (κ2) is 9.53. The van der Waals surface area contributed by atoms with Gasteiger partial charge >= 0.3 is 0 Å². The van der Waals surface area contributed by atoms with Gasteiger partial charge in [0.1, 0.15) is 6.54 Å². The zero-order chi connectivity index (χ0) is 26.5. The number of aliphatic imine (C=N–C) groups is 1. The van der Waals surface area contributed by atoms with Gasteiger partial charge < -0.3 is 15.1 Å². The summed E-state index contributed by atoms with van der Waals surface area (Å²) >= 11 is 0. The molecule has 4 aliphatic rings. The fraction of sp³-hybridized carbons (Fsp3) is 0.303. The van der Waals surface area contributed by atoms with Crippen molar-refractivity contribution in [2.75, 3.05) is 38.0 Å². The van der Waals surface area contributed by atoms with Crippen LogP contribution < -0.4 is 5.32 Å². The summed E-state index contributed by atoms with van der Waals surface area (Å²) in [6.07, 6.45) is 2.10. The number of hydrogen-bond donors (Lipinski definition) is 1. The Hall–Kier alpha value is -4.19. The molecule has 39 heavy (non-hydrogen) atoms. The van der Waals surface area contributed by atoms with Crippen molar-refractivity contribution in [1.82, 2.24) is 9.80 Å². The average molecular weight is 517 g/mol. The summed E-state index contributed by atoms with van der Waals surface area (Å²) in [6.45, 7) is 7.75. The maximum Gasteiger partial charge on any atom is 0.225 e. The van der Waals surface area contributed by atoms with E-state index in [0.717, 1.165) is 78.4 Å². The number of ketones is 1. The minimum absolute atomic E-state index is 0.00737. The summed E-state index contributed by atoms with van der Waals surface area (Å²) < 4.78 is 0. The topological polar surface area (TPSA) is 65.0 Å². The van der Waals surface area contributed by atoms with Crippen molar-refractivity contribution in [2.24, 2.45) is 10.9 Å². The predicted octanol–water partition coefficient (Wildman–Crippen LogP) is 5.15. The highest BCUT2D eigenvalue weighted by atomic mass is 16.2. The Kier molecular flexibility index (Phi) is 5.84. The van der Waals surface area contributed by atoms with Crippen LogP contribution in [0.1, 0.15) is 57.4 Å². The first-order chi connectivity index (χ1) is 19.1. The monoisotopic (exact) mass is 516 g/mol. The minimum Gasteiger partial charge on any atom is -0.377 e. The van der Waals surface area contributed by atoms with Gasteiger partial charge in [-0.2, -0.15) is 0 Å². The highest BCUT2D eigenvalue weighted by Gasteiger charge is 2.39. The molecule has 6 heteroatoms. The predicted molar refractivity (Wildman–Crippen MR) is 154 cm³/mol. The summed E-state index contributed by atoms with van der Waals surface area (Å²) in [4.78, 5) is 34.3. The molecule has 0 aromatic heterocycles. The van der Waals surface area contributed by atoms with E-state index in [2.05, 4.69) is 65.3 Å². The van der Waals surface area contributed by atoms with Crippen LogP contribution in [0.2, 0.25) is 0 Å². The fourth-order valence-electron chi connectivity index (χ4n) is 6.30. The Morgan fingerprint density at radius 2 is 1.56 bits per heavy atom. The lowest BCUT2D eigenvalue weighted by atomic mass is 9.75. The van der Waals surface area contributed by atoms with Crippen LogP contribution in [-0.2, 0) is 4.79 Å². The van der Waals surface area contributed by atoms with Gasteiger partial charge in [0.25, 0.3) is 0 Å². The van der Waals surface area contributed by atoms with Crippen LogP contribution in [0.25, 0.3) is 5.70 Å². The van der Waals surface area contributed by atoms with E-state index in [0.29, 0.717) is 5.91 Å². The van der Waals surface area contributed by atoms with Crippen molar-refractivity contribution in [3.05, 3.63) is 107 Å². The molecule has 1 N–H and O–H groups in total. The minimum atomic E-state index is -0.0338. The third kappa shape index (κ3) is 4.24. The lowest BCUT2D eigenvalue weighted by Crippen LogP contribution is -2.48. The van der Waals surface area contributed by atoms with Crippen LogP contribution in [0.3, 0.4) is 0 Å². The second-order valence-electron chi connectivity index (χ2n) is 11.0. The van der Waals surface area contributed by atoms with Crippen LogP contribution in [0.5, 0.6) is 0 Å². The van der Waals surface area contributed by atoms with Crippen LogP contribution >= 0.6 is 0 Å². The number of hydrogen-bond acceptors (Lipinski definition) is 5. The molecule has 1 aliphatic carbocycles. The summed E-state index contributed by atoms with van der Waals surface area (Å²) in [6, 6.07) is 25.0. The molecule has 3 aliphatic heterocycles. The number of rotatable bonds is 5. The van der Waals surface area contributed by atoms with Crippen molar-refractivity contribution in [2.45, 2.75) is 24.8 Å². The molecule has 1 saturated heterocycles. The lowest BCUT2D eigenvalue weighted by Gasteiger charge is -2.39. The van der Waals surface area contributed by atoms with Crippen molar-refractivity contribution >= 4 is 28.8 Å². The van der Waals surface area contributed by atoms with Gasteiger partial charge in [-0.15, -0.1) is 0 Å². The van der Waals surface area contributed by atoms with Gasteiger partial charge in [-0.05, 0) is 35.6 Å². The van der Waals surface area contributed by atoms with E-state index >= 15 is 0 Å². The van der Waals surface area contributed by atoms with Crippen molar-refractivity contribution in [1.29, 1.82) is 0 Å². The van der Waals surface area contributed by atoms with Gasteiger partial charge in [-0.3, -0.25) is 14.6 Å². The first-order valence-corrected chi connectivity index (χ1v) is 13.9. The summed E-state index contributed by atoms with van der Waals surface area (Å²) in [5.41, 5.74) is 8.07. The molecular formula is C33H32N4O2. The van der Waals surface area contributed by atoms with E-state index in [4.69, 9.17) is 4.99 Å². The van der Waals surface area contributed by atoms with Crippen LogP contribution in [0.15, 0.2) is 84.4 Å². The molecule has 2 fully saturated rings. The summed E-state index contributed by atoms with van der Waals surface area (Å²) in [5, 5.41) is 3.74. The fourth-order valence-corrected chi connectivity index (χ4v) is 6.30. The lowest BCUT2D eigenvalue weighted by molar-refractivity contribution is -0.133. The molecule has 0 radical (unpaired) electrons. The van der Waals surface area contributed by atoms with Gasteiger partial charge in [-0.25, -0.2) is 0 Å². The number of piperazine rings is 1. The maximum atomic E-state index is 12.7. The maximum absolute atomic E-state index is 12.7. The standard InChI is InChI=1S/C33H32N4O2/c1-21(36-16-18-37(19-17-36)33(39)25-14-15-25)22-10-12-23(13-11-22)29-31(24-6-3-2-4-7-24)35-27-9-5-8-26-28(38)20-34-32(29)30(26)27/h2-13,25,29,31,35H,1,14-20H2. The molecule has 2 unspecified atom stereocenters. The van der Waals surface area contributed by atoms with Crippen molar-refractivity contribution in [3.8, 4) is 0 Å². The molecule has 1 saturated carbocycles. The Bertz CT molecular complexity index is 1480. The summed E-state index contributed by atoms with van der Waals surface area (Å²) in [5.74, 6) is 0.639. The van der Waals surface area contributed by atoms with E-state index in [1.807, 2.05) is 29.2 Å². The quantitative estimate of drug-likeness (QED) is 0.510. The number of Topliss-reactive ketones (excluding diaryl/α,β-unsaturated/α-hetero) is 1. The molecule has 7 rings (SSSR count). The first-order valence-electron chi connectivity index (χ1n) is 13.9. The van der Waals surface area contributed by atoms with Crippen LogP contribution in [0, 0.1) is 5.92 Å². The number of nitrogens with zero attached hydrogens (tertiary/aromatic N) is 3. The van der Waals surface area contributed by atoms with Gasteiger partial charge in [0.2, 0.25) is 5.91 Å².